The second-order valence-electron chi connectivity index (χ2n) is 5.79. The van der Waals surface area contributed by atoms with Crippen LogP contribution in [0.5, 0.6) is 17.2 Å². The van der Waals surface area contributed by atoms with Crippen LogP contribution < -0.4 is 20.3 Å². The van der Waals surface area contributed by atoms with E-state index in [1.54, 1.807) is 0 Å². The number of anilines is 1. The Labute approximate surface area is 162 Å². The molecular formula is C20H15F3N2O4. The quantitative estimate of drug-likeness (QED) is 0.608. The van der Waals surface area contributed by atoms with Gasteiger partial charge in [0.1, 0.15) is 12.4 Å². The number of carbonyl (C=O) groups is 1. The molecule has 0 atom stereocenters. The van der Waals surface area contributed by atoms with Crippen LogP contribution in [0.1, 0.15) is 15.9 Å². The zero-order valence-corrected chi connectivity index (χ0v) is 14.8. The zero-order valence-electron chi connectivity index (χ0n) is 14.8. The van der Waals surface area contributed by atoms with Gasteiger partial charge >= 0.3 is 6.61 Å². The molecule has 1 amide bonds. The lowest BCUT2D eigenvalue weighted by Crippen LogP contribution is -2.15. The molecule has 3 aromatic rings. The first-order valence-electron chi connectivity index (χ1n) is 8.37. The third kappa shape index (κ3) is 5.16. The molecule has 0 aliphatic carbocycles. The highest BCUT2D eigenvalue weighted by atomic mass is 19.3. The van der Waals surface area contributed by atoms with Crippen molar-refractivity contribution < 1.29 is 27.4 Å². The number of carbonyl (C=O) groups excluding carboxylic acids is 1. The molecule has 0 saturated carbocycles. The minimum Gasteiger partial charge on any atom is -0.453 e. The molecule has 6 nitrogen and oxygen atoms in total. The SMILES string of the molecule is O=C(Nc1cc[nH]c(=O)c1)c1ccc(CF)cc1Oc1ccccc1OC(F)F. The molecule has 0 aliphatic heterocycles. The maximum Gasteiger partial charge on any atom is 0.387 e. The molecule has 0 bridgehead atoms. The summed E-state index contributed by atoms with van der Waals surface area (Å²) in [4.78, 5) is 26.4. The summed E-state index contributed by atoms with van der Waals surface area (Å²) in [5, 5.41) is 2.53. The van der Waals surface area contributed by atoms with Gasteiger partial charge in [0.15, 0.2) is 11.5 Å². The Morgan fingerprint density at radius 3 is 2.48 bits per heavy atom. The summed E-state index contributed by atoms with van der Waals surface area (Å²) >= 11 is 0. The molecule has 29 heavy (non-hydrogen) atoms. The van der Waals surface area contributed by atoms with Gasteiger partial charge in [0.2, 0.25) is 5.56 Å². The molecule has 0 aliphatic rings. The van der Waals surface area contributed by atoms with Gasteiger partial charge in [-0.2, -0.15) is 8.78 Å². The van der Waals surface area contributed by atoms with Crippen LogP contribution in [0.25, 0.3) is 0 Å². The Morgan fingerprint density at radius 2 is 1.79 bits per heavy atom. The summed E-state index contributed by atoms with van der Waals surface area (Å²) in [6.07, 6.45) is 1.36. The summed E-state index contributed by atoms with van der Waals surface area (Å²) < 4.78 is 48.4. The van der Waals surface area contributed by atoms with Gasteiger partial charge in [-0.1, -0.05) is 18.2 Å². The number of rotatable bonds is 7. The van der Waals surface area contributed by atoms with Crippen LogP contribution in [0.3, 0.4) is 0 Å². The van der Waals surface area contributed by atoms with Crippen molar-refractivity contribution in [1.29, 1.82) is 0 Å². The van der Waals surface area contributed by atoms with Crippen molar-refractivity contribution in [1.82, 2.24) is 4.98 Å². The van der Waals surface area contributed by atoms with Crippen LogP contribution >= 0.6 is 0 Å². The van der Waals surface area contributed by atoms with E-state index in [2.05, 4.69) is 15.0 Å². The third-order valence-electron chi connectivity index (χ3n) is 3.76. The van der Waals surface area contributed by atoms with Crippen LogP contribution in [-0.2, 0) is 6.67 Å². The average Bonchev–Trinajstić information content (AvgIpc) is 2.69. The molecule has 0 unspecified atom stereocenters. The number of ether oxygens (including phenoxy) is 2. The number of halogens is 3. The van der Waals surface area contributed by atoms with Gasteiger partial charge in [-0.05, 0) is 35.9 Å². The molecule has 0 fully saturated rings. The molecule has 2 N–H and O–H groups in total. The van der Waals surface area contributed by atoms with E-state index in [1.807, 2.05) is 0 Å². The molecule has 150 valence electrons. The van der Waals surface area contributed by atoms with Crippen LogP contribution in [0.15, 0.2) is 65.6 Å². The Bertz CT molecular complexity index is 1070. The number of alkyl halides is 3. The van der Waals surface area contributed by atoms with Crippen molar-refractivity contribution >= 4 is 11.6 Å². The molecule has 1 heterocycles. The maximum absolute atomic E-state index is 13.1. The van der Waals surface area contributed by atoms with E-state index < -0.39 is 24.8 Å². The highest BCUT2D eigenvalue weighted by Crippen LogP contribution is 2.34. The number of hydrogen-bond donors (Lipinski definition) is 2. The number of para-hydroxylation sites is 2. The molecule has 0 radical (unpaired) electrons. The van der Waals surface area contributed by atoms with E-state index in [0.717, 1.165) is 0 Å². The highest BCUT2D eigenvalue weighted by Gasteiger charge is 2.17. The first-order valence-corrected chi connectivity index (χ1v) is 8.37. The first-order chi connectivity index (χ1) is 14.0. The highest BCUT2D eigenvalue weighted by molar-refractivity contribution is 6.06. The number of pyridine rings is 1. The van der Waals surface area contributed by atoms with Crippen molar-refractivity contribution in [2.24, 2.45) is 0 Å². The summed E-state index contributed by atoms with van der Waals surface area (Å²) in [5.74, 6) is -1.01. The fraction of sp³-hybridized carbons (Fsp3) is 0.100. The second kappa shape index (κ2) is 8.96. The largest absolute Gasteiger partial charge is 0.453 e. The molecule has 9 heteroatoms. The monoisotopic (exact) mass is 404 g/mol. The van der Waals surface area contributed by atoms with E-state index >= 15 is 0 Å². The van der Waals surface area contributed by atoms with Crippen molar-refractivity contribution in [2.75, 3.05) is 5.32 Å². The number of amides is 1. The lowest BCUT2D eigenvalue weighted by Gasteiger charge is -2.15. The van der Waals surface area contributed by atoms with Crippen molar-refractivity contribution in [3.63, 3.8) is 0 Å². The van der Waals surface area contributed by atoms with Crippen LogP contribution in [0.4, 0.5) is 18.9 Å². The van der Waals surface area contributed by atoms with Gasteiger partial charge in [0.05, 0.1) is 5.56 Å². The fourth-order valence-electron chi connectivity index (χ4n) is 2.49. The summed E-state index contributed by atoms with van der Waals surface area (Å²) in [6, 6.07) is 12.3. The zero-order chi connectivity index (χ0) is 20.8. The molecule has 1 aromatic heterocycles. The number of aromatic amines is 1. The van der Waals surface area contributed by atoms with Crippen LogP contribution in [-0.4, -0.2) is 17.5 Å². The minimum atomic E-state index is -3.07. The van der Waals surface area contributed by atoms with E-state index in [1.165, 1.54) is 60.8 Å². The third-order valence-corrected chi connectivity index (χ3v) is 3.76. The summed E-state index contributed by atoms with van der Waals surface area (Å²) in [5.41, 5.74) is 0.0557. The predicted molar refractivity (Wildman–Crippen MR) is 99.4 cm³/mol. The van der Waals surface area contributed by atoms with Crippen LogP contribution in [0, 0.1) is 0 Å². The molecule has 0 spiro atoms. The van der Waals surface area contributed by atoms with Gasteiger partial charge in [-0.25, -0.2) is 4.39 Å². The Kier molecular flexibility index (Phi) is 6.18. The normalized spacial score (nSPS) is 10.6. The Morgan fingerprint density at radius 1 is 1.03 bits per heavy atom. The minimum absolute atomic E-state index is 0.00864. The van der Waals surface area contributed by atoms with Crippen molar-refractivity contribution in [3.8, 4) is 17.2 Å². The van der Waals surface area contributed by atoms with Crippen LogP contribution in [0.2, 0.25) is 0 Å². The topological polar surface area (TPSA) is 80.4 Å². The van der Waals surface area contributed by atoms with E-state index in [9.17, 15) is 22.8 Å². The van der Waals surface area contributed by atoms with Crippen molar-refractivity contribution in [2.45, 2.75) is 13.3 Å². The number of nitrogens with one attached hydrogen (secondary N) is 2. The molecule has 0 saturated heterocycles. The standard InChI is InChI=1S/C20H15F3N2O4/c21-11-12-5-6-14(19(27)25-13-7-8-24-18(26)10-13)17(9-12)28-15-3-1-2-4-16(15)29-20(22)23/h1-10,20H,11H2,(H2,24,25,26,27). The van der Waals surface area contributed by atoms with E-state index in [-0.39, 0.29) is 34.1 Å². The maximum atomic E-state index is 13.1. The molecule has 3 rings (SSSR count). The number of aromatic nitrogens is 1. The lowest BCUT2D eigenvalue weighted by molar-refractivity contribution is -0.0510. The lowest BCUT2D eigenvalue weighted by atomic mass is 10.1. The van der Waals surface area contributed by atoms with Gasteiger partial charge in [0.25, 0.3) is 5.91 Å². The smallest absolute Gasteiger partial charge is 0.387 e. The second-order valence-corrected chi connectivity index (χ2v) is 5.79. The van der Waals surface area contributed by atoms with Crippen molar-refractivity contribution in [3.05, 3.63) is 82.3 Å². The Hall–Kier alpha value is -3.75. The summed E-state index contributed by atoms with van der Waals surface area (Å²) in [6.45, 7) is -3.89. The van der Waals surface area contributed by atoms with E-state index in [0.29, 0.717) is 0 Å². The van der Waals surface area contributed by atoms with Gasteiger partial charge in [0, 0.05) is 18.0 Å². The van der Waals surface area contributed by atoms with Gasteiger partial charge in [-0.3, -0.25) is 9.59 Å². The number of benzene rings is 2. The molecule has 2 aromatic carbocycles. The van der Waals surface area contributed by atoms with E-state index in [4.69, 9.17) is 4.74 Å². The Balaban J connectivity index is 1.94. The molecular weight excluding hydrogens is 389 g/mol. The average molecular weight is 404 g/mol. The number of hydrogen-bond acceptors (Lipinski definition) is 4. The van der Waals surface area contributed by atoms with Gasteiger partial charge < -0.3 is 19.8 Å². The fourth-order valence-corrected chi connectivity index (χ4v) is 2.49. The first kappa shape index (κ1) is 20.0. The summed E-state index contributed by atoms with van der Waals surface area (Å²) in [7, 11) is 0. The predicted octanol–water partition coefficient (Wildman–Crippen LogP) is 4.49. The number of H-pyrrole nitrogens is 1. The van der Waals surface area contributed by atoms with Gasteiger partial charge in [-0.15, -0.1) is 0 Å².